The maximum Gasteiger partial charge on any atom is 0.262 e. The van der Waals surface area contributed by atoms with Crippen LogP contribution in [0.5, 0.6) is 0 Å². The standard InChI is InChI=1S/C18H19FN4O4/c19-12-6-10-11(7-14(12)22-5-1-2-9(20)8-22)18(27)23(17(10)26)13-3-4-15(24)21-16(13)25/h6-7,9,13H,1-5,8,20H2,(H,21,24,25)/t9-,13?/m0/s1. The second-order valence-corrected chi connectivity index (χ2v) is 7.14. The lowest BCUT2D eigenvalue weighted by molar-refractivity contribution is -0.136. The fraction of sp³-hybridized carbons (Fsp3) is 0.444. The van der Waals surface area contributed by atoms with Crippen molar-refractivity contribution >= 4 is 29.3 Å². The maximum atomic E-state index is 14.7. The van der Waals surface area contributed by atoms with Gasteiger partial charge in [-0.1, -0.05) is 0 Å². The summed E-state index contributed by atoms with van der Waals surface area (Å²) in [5.41, 5.74) is 6.19. The third kappa shape index (κ3) is 2.87. The van der Waals surface area contributed by atoms with Gasteiger partial charge in [0.2, 0.25) is 11.8 Å². The zero-order valence-electron chi connectivity index (χ0n) is 14.5. The molecule has 2 fully saturated rings. The molecule has 27 heavy (non-hydrogen) atoms. The van der Waals surface area contributed by atoms with Crippen molar-refractivity contribution < 1.29 is 23.6 Å². The van der Waals surface area contributed by atoms with Gasteiger partial charge in [-0.25, -0.2) is 4.39 Å². The summed E-state index contributed by atoms with van der Waals surface area (Å²) in [6.45, 7) is 1.08. The van der Waals surface area contributed by atoms with Crippen molar-refractivity contribution in [3.05, 3.63) is 29.1 Å². The van der Waals surface area contributed by atoms with E-state index in [0.29, 0.717) is 13.1 Å². The Kier molecular flexibility index (Phi) is 4.18. The van der Waals surface area contributed by atoms with Gasteiger partial charge >= 0.3 is 0 Å². The van der Waals surface area contributed by atoms with Crippen LogP contribution in [0.4, 0.5) is 10.1 Å². The van der Waals surface area contributed by atoms with E-state index < -0.39 is 35.5 Å². The number of amides is 4. The van der Waals surface area contributed by atoms with Gasteiger partial charge in [-0.2, -0.15) is 0 Å². The summed E-state index contributed by atoms with van der Waals surface area (Å²) in [6, 6.07) is 1.28. The summed E-state index contributed by atoms with van der Waals surface area (Å²) in [5, 5.41) is 2.13. The Morgan fingerprint density at radius 1 is 1.07 bits per heavy atom. The minimum atomic E-state index is -1.06. The lowest BCUT2D eigenvalue weighted by atomic mass is 10.0. The van der Waals surface area contributed by atoms with E-state index in [9.17, 15) is 23.6 Å². The number of halogens is 1. The number of nitrogens with one attached hydrogen (secondary N) is 1. The van der Waals surface area contributed by atoms with Crippen molar-refractivity contribution in [1.82, 2.24) is 10.2 Å². The second kappa shape index (κ2) is 6.41. The molecule has 9 heteroatoms. The molecular formula is C18H19FN4O4. The van der Waals surface area contributed by atoms with Crippen molar-refractivity contribution in [3.8, 4) is 0 Å². The molecule has 1 aromatic carbocycles. The van der Waals surface area contributed by atoms with Crippen LogP contribution in [0.25, 0.3) is 0 Å². The number of benzene rings is 1. The third-order valence-electron chi connectivity index (χ3n) is 5.31. The average Bonchev–Trinajstić information content (AvgIpc) is 2.85. The van der Waals surface area contributed by atoms with Crippen molar-refractivity contribution in [2.75, 3.05) is 18.0 Å². The first-order valence-corrected chi connectivity index (χ1v) is 8.92. The Morgan fingerprint density at radius 3 is 2.44 bits per heavy atom. The van der Waals surface area contributed by atoms with E-state index >= 15 is 0 Å². The van der Waals surface area contributed by atoms with Crippen LogP contribution in [0.1, 0.15) is 46.4 Å². The molecule has 1 unspecified atom stereocenters. The molecule has 142 valence electrons. The highest BCUT2D eigenvalue weighted by atomic mass is 19.1. The van der Waals surface area contributed by atoms with Crippen LogP contribution in [0.2, 0.25) is 0 Å². The molecule has 2 saturated heterocycles. The van der Waals surface area contributed by atoms with Gasteiger partial charge in [-0.15, -0.1) is 0 Å². The fourth-order valence-corrected chi connectivity index (χ4v) is 3.95. The summed E-state index contributed by atoms with van der Waals surface area (Å²) >= 11 is 0. The topological polar surface area (TPSA) is 113 Å². The smallest absolute Gasteiger partial charge is 0.262 e. The van der Waals surface area contributed by atoms with E-state index in [1.165, 1.54) is 6.07 Å². The number of carbonyl (C=O) groups is 4. The Balaban J connectivity index is 1.67. The predicted octanol–water partition coefficient (Wildman–Crippen LogP) is 0.154. The molecule has 0 spiro atoms. The summed E-state index contributed by atoms with van der Waals surface area (Å²) < 4.78 is 14.7. The first-order valence-electron chi connectivity index (χ1n) is 8.92. The molecule has 0 radical (unpaired) electrons. The highest BCUT2D eigenvalue weighted by molar-refractivity contribution is 6.23. The summed E-state index contributed by atoms with van der Waals surface area (Å²) in [4.78, 5) is 51.5. The molecular weight excluding hydrogens is 355 g/mol. The Labute approximate surface area is 154 Å². The number of imide groups is 2. The van der Waals surface area contributed by atoms with Gasteiger partial charge in [0.25, 0.3) is 11.8 Å². The number of hydrogen-bond donors (Lipinski definition) is 2. The van der Waals surface area contributed by atoms with Crippen LogP contribution in [-0.2, 0) is 9.59 Å². The highest BCUT2D eigenvalue weighted by Crippen LogP contribution is 2.33. The van der Waals surface area contributed by atoms with Gasteiger partial charge in [-0.3, -0.25) is 29.4 Å². The molecule has 2 atom stereocenters. The molecule has 1 aromatic rings. The molecule has 3 N–H and O–H groups in total. The fourth-order valence-electron chi connectivity index (χ4n) is 3.95. The number of rotatable bonds is 2. The number of nitrogens with zero attached hydrogens (tertiary/aromatic N) is 2. The molecule has 3 aliphatic rings. The van der Waals surface area contributed by atoms with E-state index in [-0.39, 0.29) is 35.7 Å². The predicted molar refractivity (Wildman–Crippen MR) is 92.5 cm³/mol. The molecule has 0 bridgehead atoms. The third-order valence-corrected chi connectivity index (χ3v) is 5.31. The number of hydrogen-bond acceptors (Lipinski definition) is 6. The first-order chi connectivity index (χ1) is 12.9. The van der Waals surface area contributed by atoms with Crippen molar-refractivity contribution in [2.45, 2.75) is 37.8 Å². The molecule has 8 nitrogen and oxygen atoms in total. The van der Waals surface area contributed by atoms with Gasteiger partial charge in [0, 0.05) is 25.6 Å². The first kappa shape index (κ1) is 17.6. The van der Waals surface area contributed by atoms with Gasteiger partial charge < -0.3 is 10.6 Å². The molecule has 0 aliphatic carbocycles. The number of nitrogens with two attached hydrogens (primary N) is 1. The Bertz CT molecular complexity index is 871. The second-order valence-electron chi connectivity index (χ2n) is 7.14. The van der Waals surface area contributed by atoms with Gasteiger partial charge in [-0.05, 0) is 31.4 Å². The monoisotopic (exact) mass is 374 g/mol. The average molecular weight is 374 g/mol. The van der Waals surface area contributed by atoms with E-state index in [4.69, 9.17) is 5.73 Å². The summed E-state index contributed by atoms with van der Waals surface area (Å²) in [6.07, 6.45) is 1.76. The molecule has 3 aliphatic heterocycles. The van der Waals surface area contributed by atoms with Crippen molar-refractivity contribution in [1.29, 1.82) is 0 Å². The minimum Gasteiger partial charge on any atom is -0.368 e. The number of anilines is 1. The molecule has 4 rings (SSSR count). The van der Waals surface area contributed by atoms with Gasteiger partial charge in [0.1, 0.15) is 11.9 Å². The van der Waals surface area contributed by atoms with E-state index in [1.807, 2.05) is 0 Å². The van der Waals surface area contributed by atoms with Crippen LogP contribution in [0.3, 0.4) is 0 Å². The maximum absolute atomic E-state index is 14.7. The molecule has 0 saturated carbocycles. The van der Waals surface area contributed by atoms with Crippen LogP contribution >= 0.6 is 0 Å². The zero-order chi connectivity index (χ0) is 19.3. The number of fused-ring (bicyclic) bond motifs is 1. The van der Waals surface area contributed by atoms with Crippen LogP contribution in [-0.4, -0.2) is 53.7 Å². The lowest BCUT2D eigenvalue weighted by Gasteiger charge is -2.33. The lowest BCUT2D eigenvalue weighted by Crippen LogP contribution is -2.54. The Morgan fingerprint density at radius 2 is 1.78 bits per heavy atom. The van der Waals surface area contributed by atoms with Gasteiger partial charge in [0.15, 0.2) is 0 Å². The normalized spacial score (nSPS) is 25.7. The summed E-state index contributed by atoms with van der Waals surface area (Å²) in [5.74, 6) is -3.10. The largest absolute Gasteiger partial charge is 0.368 e. The molecule has 0 aromatic heterocycles. The quantitative estimate of drug-likeness (QED) is 0.713. The van der Waals surface area contributed by atoms with Crippen molar-refractivity contribution in [2.24, 2.45) is 5.73 Å². The summed E-state index contributed by atoms with van der Waals surface area (Å²) in [7, 11) is 0. The van der Waals surface area contributed by atoms with E-state index in [2.05, 4.69) is 5.32 Å². The number of carbonyl (C=O) groups excluding carboxylic acids is 4. The van der Waals surface area contributed by atoms with Gasteiger partial charge in [0.05, 0.1) is 16.8 Å². The van der Waals surface area contributed by atoms with Crippen LogP contribution in [0.15, 0.2) is 12.1 Å². The number of piperidine rings is 2. The minimum absolute atomic E-state index is 0.0368. The van der Waals surface area contributed by atoms with Crippen LogP contribution < -0.4 is 16.0 Å². The molecule has 4 amide bonds. The highest BCUT2D eigenvalue weighted by Gasteiger charge is 2.45. The van der Waals surface area contributed by atoms with Crippen molar-refractivity contribution in [3.63, 3.8) is 0 Å². The zero-order valence-corrected chi connectivity index (χ0v) is 14.5. The van der Waals surface area contributed by atoms with E-state index in [0.717, 1.165) is 23.8 Å². The van der Waals surface area contributed by atoms with Crippen LogP contribution in [0, 0.1) is 5.82 Å². The molecule has 3 heterocycles. The van der Waals surface area contributed by atoms with E-state index in [1.54, 1.807) is 4.90 Å². The Hall–Kier alpha value is -2.81. The SMILES string of the molecule is N[C@H]1CCCN(c2cc3c(cc2F)C(=O)N(C2CCC(=O)NC2=O)C3=O)C1.